The van der Waals surface area contributed by atoms with Gasteiger partial charge in [0.1, 0.15) is 5.75 Å². The molecule has 2 heterocycles. The van der Waals surface area contributed by atoms with Gasteiger partial charge in [-0.25, -0.2) is 4.39 Å². The Morgan fingerprint density at radius 1 is 0.966 bits per heavy atom. The van der Waals surface area contributed by atoms with Crippen LogP contribution in [0.25, 0.3) is 0 Å². The highest BCUT2D eigenvalue weighted by Gasteiger charge is 2.45. The Bertz CT molecular complexity index is 806. The van der Waals surface area contributed by atoms with Gasteiger partial charge < -0.3 is 9.47 Å². The summed E-state index contributed by atoms with van der Waals surface area (Å²) in [6.07, 6.45) is 0. The van der Waals surface area contributed by atoms with Crippen molar-refractivity contribution in [3.05, 3.63) is 59.4 Å². The third-order valence-electron chi connectivity index (χ3n) is 6.05. The Kier molecular flexibility index (Phi) is 8.18. The van der Waals surface area contributed by atoms with Gasteiger partial charge in [-0.1, -0.05) is 18.2 Å². The predicted octanol–water partition coefficient (Wildman–Crippen LogP) is 4.42. The second kappa shape index (κ2) is 9.98. The Hall–Kier alpha value is -1.53. The van der Waals surface area contributed by atoms with Crippen molar-refractivity contribution in [1.29, 1.82) is 0 Å². The molecule has 2 aliphatic heterocycles. The lowest BCUT2D eigenvalue weighted by atomic mass is 9.89. The summed E-state index contributed by atoms with van der Waals surface area (Å²) >= 11 is 0. The largest absolute Gasteiger partial charge is 0.497 e. The van der Waals surface area contributed by atoms with Crippen LogP contribution in [-0.4, -0.2) is 50.7 Å². The second-order valence-electron chi connectivity index (χ2n) is 7.74. The highest BCUT2D eigenvalue weighted by molar-refractivity contribution is 5.85. The van der Waals surface area contributed by atoms with E-state index < -0.39 is 0 Å². The first-order chi connectivity index (χ1) is 13.1. The molecule has 0 spiro atoms. The number of ether oxygens (including phenoxy) is 2. The van der Waals surface area contributed by atoms with Crippen molar-refractivity contribution < 1.29 is 13.9 Å². The fourth-order valence-corrected chi connectivity index (χ4v) is 4.84. The zero-order valence-corrected chi connectivity index (χ0v) is 18.6. The lowest BCUT2D eigenvalue weighted by Gasteiger charge is -2.27. The normalized spacial score (nSPS) is 23.8. The molecule has 0 aromatic heterocycles. The molecule has 0 amide bonds. The SMILES string of the molecule is COc1ccc([C@@H]2[C@@H]3CN(Cc4ccc(F)c(OC)c4)C[C@@H]3CN2C)cc1.Cl.Cl. The maximum atomic E-state index is 13.7. The molecule has 4 nitrogen and oxygen atoms in total. The van der Waals surface area contributed by atoms with Gasteiger partial charge in [0.2, 0.25) is 0 Å². The Balaban J connectivity index is 0.00000150. The van der Waals surface area contributed by atoms with E-state index in [1.54, 1.807) is 7.11 Å². The second-order valence-corrected chi connectivity index (χ2v) is 7.74. The minimum Gasteiger partial charge on any atom is -0.497 e. The summed E-state index contributed by atoms with van der Waals surface area (Å²) in [6.45, 7) is 4.10. The number of hydrogen-bond acceptors (Lipinski definition) is 4. The van der Waals surface area contributed by atoms with Crippen LogP contribution in [0.2, 0.25) is 0 Å². The molecule has 4 rings (SSSR count). The number of benzene rings is 2. The van der Waals surface area contributed by atoms with E-state index in [9.17, 15) is 4.39 Å². The van der Waals surface area contributed by atoms with Gasteiger partial charge in [-0.3, -0.25) is 9.80 Å². The molecule has 2 aromatic rings. The van der Waals surface area contributed by atoms with Crippen molar-refractivity contribution in [2.45, 2.75) is 12.6 Å². The van der Waals surface area contributed by atoms with Crippen LogP contribution in [0.1, 0.15) is 17.2 Å². The molecule has 2 saturated heterocycles. The maximum Gasteiger partial charge on any atom is 0.165 e. The Labute approximate surface area is 184 Å². The van der Waals surface area contributed by atoms with Crippen molar-refractivity contribution in [2.75, 3.05) is 40.9 Å². The average Bonchev–Trinajstić information content (AvgIpc) is 3.19. The maximum absolute atomic E-state index is 13.7. The minimum absolute atomic E-state index is 0. The summed E-state index contributed by atoms with van der Waals surface area (Å²) < 4.78 is 24.1. The third kappa shape index (κ3) is 4.80. The van der Waals surface area contributed by atoms with Crippen LogP contribution in [0.3, 0.4) is 0 Å². The lowest BCUT2D eigenvalue weighted by molar-refractivity contribution is 0.224. The Morgan fingerprint density at radius 3 is 2.34 bits per heavy atom. The highest BCUT2D eigenvalue weighted by Crippen LogP contribution is 2.44. The number of likely N-dealkylation sites (tertiary alicyclic amines) is 2. The number of nitrogens with zero attached hydrogens (tertiary/aromatic N) is 2. The fourth-order valence-electron chi connectivity index (χ4n) is 4.84. The first-order valence-corrected chi connectivity index (χ1v) is 9.48. The molecule has 29 heavy (non-hydrogen) atoms. The lowest BCUT2D eigenvalue weighted by Crippen LogP contribution is -2.28. The molecular weight excluding hydrogens is 414 g/mol. The molecule has 2 aliphatic rings. The monoisotopic (exact) mass is 442 g/mol. The van der Waals surface area contributed by atoms with E-state index in [4.69, 9.17) is 9.47 Å². The molecule has 0 saturated carbocycles. The number of halogens is 3. The van der Waals surface area contributed by atoms with Crippen LogP contribution >= 0.6 is 24.8 Å². The Morgan fingerprint density at radius 2 is 1.69 bits per heavy atom. The van der Waals surface area contributed by atoms with Crippen LogP contribution in [-0.2, 0) is 6.54 Å². The van der Waals surface area contributed by atoms with Crippen molar-refractivity contribution in [2.24, 2.45) is 11.8 Å². The summed E-state index contributed by atoms with van der Waals surface area (Å²) in [5.41, 5.74) is 2.46. The number of fused-ring (bicyclic) bond motifs is 1. The fraction of sp³-hybridized carbons (Fsp3) is 0.455. The van der Waals surface area contributed by atoms with Crippen molar-refractivity contribution >= 4 is 24.8 Å². The molecule has 7 heteroatoms. The zero-order chi connectivity index (χ0) is 19.0. The van der Waals surface area contributed by atoms with Crippen LogP contribution < -0.4 is 9.47 Å². The molecule has 0 aliphatic carbocycles. The van der Waals surface area contributed by atoms with Crippen molar-refractivity contribution in [1.82, 2.24) is 9.80 Å². The van der Waals surface area contributed by atoms with Gasteiger partial charge in [-0.15, -0.1) is 24.8 Å². The summed E-state index contributed by atoms with van der Waals surface area (Å²) in [4.78, 5) is 4.97. The molecule has 0 bridgehead atoms. The van der Waals surface area contributed by atoms with Gasteiger partial charge in [-0.2, -0.15) is 0 Å². The van der Waals surface area contributed by atoms with E-state index in [1.165, 1.54) is 18.7 Å². The van der Waals surface area contributed by atoms with E-state index in [0.29, 0.717) is 23.6 Å². The topological polar surface area (TPSA) is 24.9 Å². The van der Waals surface area contributed by atoms with E-state index in [2.05, 4.69) is 29.0 Å². The average molecular weight is 443 g/mol. The molecule has 0 radical (unpaired) electrons. The third-order valence-corrected chi connectivity index (χ3v) is 6.05. The summed E-state index contributed by atoms with van der Waals surface area (Å²) in [5.74, 6) is 2.20. The van der Waals surface area contributed by atoms with Crippen molar-refractivity contribution in [3.8, 4) is 11.5 Å². The first-order valence-electron chi connectivity index (χ1n) is 9.48. The van der Waals surface area contributed by atoms with Gasteiger partial charge in [0.15, 0.2) is 11.6 Å². The van der Waals surface area contributed by atoms with Gasteiger partial charge in [-0.05, 0) is 54.3 Å². The predicted molar refractivity (Wildman–Crippen MR) is 118 cm³/mol. The van der Waals surface area contributed by atoms with Gasteiger partial charge in [0.25, 0.3) is 0 Å². The summed E-state index contributed by atoms with van der Waals surface area (Å²) in [6, 6.07) is 14.1. The van der Waals surface area contributed by atoms with Crippen LogP contribution in [0.4, 0.5) is 4.39 Å². The molecule has 3 atom stereocenters. The highest BCUT2D eigenvalue weighted by atomic mass is 35.5. The molecule has 160 valence electrons. The van der Waals surface area contributed by atoms with E-state index in [-0.39, 0.29) is 30.6 Å². The first kappa shape index (κ1) is 23.7. The molecular formula is C22H29Cl2FN2O2. The van der Waals surface area contributed by atoms with Crippen LogP contribution in [0, 0.1) is 17.7 Å². The van der Waals surface area contributed by atoms with Crippen LogP contribution in [0.5, 0.6) is 11.5 Å². The van der Waals surface area contributed by atoms with E-state index in [0.717, 1.165) is 37.5 Å². The number of methoxy groups -OCH3 is 2. The number of rotatable bonds is 5. The van der Waals surface area contributed by atoms with Crippen LogP contribution in [0.15, 0.2) is 42.5 Å². The summed E-state index contributed by atoms with van der Waals surface area (Å²) in [7, 11) is 5.44. The molecule has 0 N–H and O–H groups in total. The molecule has 2 fully saturated rings. The molecule has 2 aromatic carbocycles. The minimum atomic E-state index is -0.305. The van der Waals surface area contributed by atoms with Gasteiger partial charge in [0.05, 0.1) is 14.2 Å². The van der Waals surface area contributed by atoms with E-state index in [1.807, 2.05) is 24.3 Å². The zero-order valence-electron chi connectivity index (χ0n) is 17.0. The van der Waals surface area contributed by atoms with Gasteiger partial charge >= 0.3 is 0 Å². The van der Waals surface area contributed by atoms with E-state index >= 15 is 0 Å². The van der Waals surface area contributed by atoms with Crippen molar-refractivity contribution in [3.63, 3.8) is 0 Å². The number of hydrogen-bond donors (Lipinski definition) is 0. The van der Waals surface area contributed by atoms with Gasteiger partial charge in [0, 0.05) is 32.2 Å². The molecule has 0 unspecified atom stereocenters. The quantitative estimate of drug-likeness (QED) is 0.683. The smallest absolute Gasteiger partial charge is 0.165 e. The standard InChI is InChI=1S/C22H27FN2O2.2ClH/c1-24-12-17-13-25(11-15-4-9-20(23)21(10-15)27-3)14-19(17)22(24)16-5-7-18(26-2)8-6-16;;/h4-10,17,19,22H,11-14H2,1-3H3;2*1H/t17-,19+,22+;;/m0../s1. The summed E-state index contributed by atoms with van der Waals surface area (Å²) in [5, 5.41) is 0.